The minimum Gasteiger partial charge on any atom is -0.491 e. The summed E-state index contributed by atoms with van der Waals surface area (Å²) in [6.07, 6.45) is 5.24. The first-order valence-corrected chi connectivity index (χ1v) is 14.5. The largest absolute Gasteiger partial charge is 0.491 e. The standard InChI is InChI=1S/C32H31ClF2N6O2/c1-42-14-15-43-21-16-26(34)24(27(35)17-21)19-41-30-5-3-2-4-23(30)31(40-41)29-7-6-22(20-8-11-36-12-9-20)32(39-29)38-28-10-13-37-18-25(28)33/h2-7,10,13,16-18,20,36H,8-9,11-12,14-15,19H2,1H3,(H,37,38,39). The molecule has 1 aliphatic rings. The molecule has 0 bridgehead atoms. The second kappa shape index (κ2) is 13.0. The lowest BCUT2D eigenvalue weighted by molar-refractivity contribution is 0.146. The number of para-hydroxylation sites is 1. The van der Waals surface area contributed by atoms with Gasteiger partial charge in [-0.15, -0.1) is 0 Å². The molecule has 2 aromatic carbocycles. The Morgan fingerprint density at radius 3 is 2.60 bits per heavy atom. The fraction of sp³-hybridized carbons (Fsp3) is 0.281. The van der Waals surface area contributed by atoms with Crippen molar-refractivity contribution in [3.8, 4) is 17.1 Å². The van der Waals surface area contributed by atoms with E-state index >= 15 is 8.78 Å². The highest BCUT2D eigenvalue weighted by Crippen LogP contribution is 2.36. The van der Waals surface area contributed by atoms with Gasteiger partial charge in [0.25, 0.3) is 0 Å². The maximum atomic E-state index is 15.1. The number of ether oxygens (including phenoxy) is 2. The third-order valence-electron chi connectivity index (χ3n) is 7.61. The molecule has 2 N–H and O–H groups in total. The second-order valence-electron chi connectivity index (χ2n) is 10.4. The van der Waals surface area contributed by atoms with E-state index in [4.69, 9.17) is 31.2 Å². The zero-order valence-corrected chi connectivity index (χ0v) is 24.4. The van der Waals surface area contributed by atoms with Crippen molar-refractivity contribution in [2.24, 2.45) is 0 Å². The molecule has 0 aliphatic carbocycles. The molecule has 0 unspecified atom stereocenters. The Bertz CT molecular complexity index is 1720. The minimum atomic E-state index is -0.710. The van der Waals surface area contributed by atoms with Gasteiger partial charge in [-0.3, -0.25) is 9.67 Å². The molecule has 8 nitrogen and oxygen atoms in total. The summed E-state index contributed by atoms with van der Waals surface area (Å²) >= 11 is 6.44. The van der Waals surface area contributed by atoms with Crippen LogP contribution in [0, 0.1) is 11.6 Å². The number of piperidine rings is 1. The summed E-state index contributed by atoms with van der Waals surface area (Å²) in [5, 5.41) is 13.0. The molecule has 3 aromatic heterocycles. The summed E-state index contributed by atoms with van der Waals surface area (Å²) in [5.41, 5.74) is 3.65. The summed E-state index contributed by atoms with van der Waals surface area (Å²) in [6, 6.07) is 15.8. The Morgan fingerprint density at radius 2 is 1.84 bits per heavy atom. The summed E-state index contributed by atoms with van der Waals surface area (Å²) in [6.45, 7) is 2.26. The number of pyridine rings is 2. The normalized spacial score (nSPS) is 13.9. The number of rotatable bonds is 10. The van der Waals surface area contributed by atoms with E-state index < -0.39 is 11.6 Å². The molecule has 0 spiro atoms. The number of fused-ring (bicyclic) bond motifs is 1. The van der Waals surface area contributed by atoms with Crippen molar-refractivity contribution in [3.05, 3.63) is 94.8 Å². The number of benzene rings is 2. The first kappa shape index (κ1) is 29.0. The zero-order chi connectivity index (χ0) is 29.8. The van der Waals surface area contributed by atoms with Crippen LogP contribution in [0.5, 0.6) is 5.75 Å². The molecular weight excluding hydrogens is 574 g/mol. The molecule has 1 fully saturated rings. The van der Waals surface area contributed by atoms with E-state index in [1.165, 1.54) is 19.2 Å². The Morgan fingerprint density at radius 1 is 1.05 bits per heavy atom. The van der Waals surface area contributed by atoms with Crippen molar-refractivity contribution >= 4 is 34.0 Å². The number of nitrogens with zero attached hydrogens (tertiary/aromatic N) is 4. The molecule has 0 radical (unpaired) electrons. The molecule has 0 saturated carbocycles. The van der Waals surface area contributed by atoms with Crippen LogP contribution in [0.1, 0.15) is 29.9 Å². The van der Waals surface area contributed by atoms with Gasteiger partial charge in [0.2, 0.25) is 0 Å². The van der Waals surface area contributed by atoms with E-state index in [-0.39, 0.29) is 24.5 Å². The monoisotopic (exact) mass is 604 g/mol. The Balaban J connectivity index is 1.38. The lowest BCUT2D eigenvalue weighted by Gasteiger charge is -2.25. The highest BCUT2D eigenvalue weighted by atomic mass is 35.5. The molecule has 43 heavy (non-hydrogen) atoms. The number of hydrogen-bond donors (Lipinski definition) is 2. The number of aromatic nitrogens is 4. The topological polar surface area (TPSA) is 86.1 Å². The molecule has 222 valence electrons. The lowest BCUT2D eigenvalue weighted by atomic mass is 9.90. The van der Waals surface area contributed by atoms with Crippen LogP contribution in [0.2, 0.25) is 5.02 Å². The first-order chi connectivity index (χ1) is 21.0. The van der Waals surface area contributed by atoms with Gasteiger partial charge in [0, 0.05) is 42.6 Å². The summed E-state index contributed by atoms with van der Waals surface area (Å²) in [7, 11) is 1.53. The van der Waals surface area contributed by atoms with E-state index in [0.29, 0.717) is 40.4 Å². The minimum absolute atomic E-state index is 0.106. The first-order valence-electron chi connectivity index (χ1n) is 14.2. The van der Waals surface area contributed by atoms with Gasteiger partial charge in [-0.2, -0.15) is 5.10 Å². The quantitative estimate of drug-likeness (QED) is 0.171. The average Bonchev–Trinajstić information content (AvgIpc) is 3.39. The number of anilines is 2. The molecule has 0 amide bonds. The molecule has 1 saturated heterocycles. The number of hydrogen-bond acceptors (Lipinski definition) is 7. The van der Waals surface area contributed by atoms with Crippen molar-refractivity contribution in [1.29, 1.82) is 0 Å². The van der Waals surface area contributed by atoms with Crippen LogP contribution < -0.4 is 15.4 Å². The average molecular weight is 605 g/mol. The maximum Gasteiger partial charge on any atom is 0.134 e. The molecule has 4 heterocycles. The van der Waals surface area contributed by atoms with E-state index in [2.05, 4.69) is 21.7 Å². The van der Waals surface area contributed by atoms with Gasteiger partial charge in [-0.25, -0.2) is 13.8 Å². The lowest BCUT2D eigenvalue weighted by Crippen LogP contribution is -2.27. The van der Waals surface area contributed by atoms with Crippen molar-refractivity contribution < 1.29 is 18.3 Å². The molecule has 1 aliphatic heterocycles. The van der Waals surface area contributed by atoms with Crippen molar-refractivity contribution in [2.75, 3.05) is 38.7 Å². The number of methoxy groups -OCH3 is 1. The van der Waals surface area contributed by atoms with Gasteiger partial charge in [0.05, 0.1) is 35.1 Å². The van der Waals surface area contributed by atoms with Crippen LogP contribution in [-0.4, -0.2) is 53.2 Å². The van der Waals surface area contributed by atoms with E-state index in [0.717, 1.165) is 42.4 Å². The Hall–Kier alpha value is -4.12. The van der Waals surface area contributed by atoms with Gasteiger partial charge in [-0.05, 0) is 55.6 Å². The summed E-state index contributed by atoms with van der Waals surface area (Å²) in [5.74, 6) is -0.295. The maximum absolute atomic E-state index is 15.1. The molecular formula is C32H31ClF2N6O2. The molecule has 0 atom stereocenters. The summed E-state index contributed by atoms with van der Waals surface area (Å²) in [4.78, 5) is 9.14. The van der Waals surface area contributed by atoms with Gasteiger partial charge < -0.3 is 20.1 Å². The van der Waals surface area contributed by atoms with Crippen molar-refractivity contribution in [1.82, 2.24) is 25.1 Å². The number of halogens is 3. The Kier molecular flexibility index (Phi) is 8.78. The van der Waals surface area contributed by atoms with E-state index in [9.17, 15) is 0 Å². The van der Waals surface area contributed by atoms with Gasteiger partial charge in [-0.1, -0.05) is 35.9 Å². The predicted octanol–water partition coefficient (Wildman–Crippen LogP) is 6.71. The fourth-order valence-corrected chi connectivity index (χ4v) is 5.58. The highest BCUT2D eigenvalue weighted by molar-refractivity contribution is 6.33. The van der Waals surface area contributed by atoms with Crippen LogP contribution in [0.15, 0.2) is 67.0 Å². The number of nitrogens with one attached hydrogen (secondary N) is 2. The highest BCUT2D eigenvalue weighted by Gasteiger charge is 2.23. The van der Waals surface area contributed by atoms with Crippen LogP contribution in [0.25, 0.3) is 22.3 Å². The summed E-state index contributed by atoms with van der Waals surface area (Å²) < 4.78 is 42.2. The zero-order valence-electron chi connectivity index (χ0n) is 23.6. The van der Waals surface area contributed by atoms with Crippen LogP contribution >= 0.6 is 11.6 Å². The third kappa shape index (κ3) is 6.31. The fourth-order valence-electron chi connectivity index (χ4n) is 5.41. The molecule has 5 aromatic rings. The van der Waals surface area contributed by atoms with E-state index in [1.807, 2.05) is 36.4 Å². The van der Waals surface area contributed by atoms with Gasteiger partial charge >= 0.3 is 0 Å². The van der Waals surface area contributed by atoms with Gasteiger partial charge in [0.1, 0.15) is 35.5 Å². The smallest absolute Gasteiger partial charge is 0.134 e. The van der Waals surface area contributed by atoms with Gasteiger partial charge in [0.15, 0.2) is 0 Å². The van der Waals surface area contributed by atoms with Crippen LogP contribution in [0.4, 0.5) is 20.3 Å². The Labute approximate surface area is 253 Å². The van der Waals surface area contributed by atoms with Crippen molar-refractivity contribution in [3.63, 3.8) is 0 Å². The van der Waals surface area contributed by atoms with E-state index in [1.54, 1.807) is 17.1 Å². The molecule has 6 rings (SSSR count). The van der Waals surface area contributed by atoms with Crippen LogP contribution in [0.3, 0.4) is 0 Å². The third-order valence-corrected chi connectivity index (χ3v) is 7.91. The second-order valence-corrected chi connectivity index (χ2v) is 10.8. The SMILES string of the molecule is COCCOc1cc(F)c(Cn2nc(-c3ccc(C4CCNCC4)c(Nc4ccncc4Cl)n3)c3ccccc32)c(F)c1. The van der Waals surface area contributed by atoms with Crippen LogP contribution in [-0.2, 0) is 11.3 Å². The van der Waals surface area contributed by atoms with Crippen molar-refractivity contribution in [2.45, 2.75) is 25.3 Å². The molecule has 11 heteroatoms. The predicted molar refractivity (Wildman–Crippen MR) is 163 cm³/mol.